The van der Waals surface area contributed by atoms with Gasteiger partial charge in [0.05, 0.1) is 16.3 Å². The van der Waals surface area contributed by atoms with E-state index in [1.807, 2.05) is 19.9 Å². The Morgan fingerprint density at radius 1 is 0.947 bits per heavy atom. The van der Waals surface area contributed by atoms with Crippen molar-refractivity contribution < 1.29 is 8.42 Å². The van der Waals surface area contributed by atoms with Gasteiger partial charge in [-0.25, -0.2) is 8.42 Å². The summed E-state index contributed by atoms with van der Waals surface area (Å²) >= 11 is 0. The van der Waals surface area contributed by atoms with E-state index < -0.39 is 10.0 Å². The Morgan fingerprint density at radius 3 is 2.16 bits per heavy atom. The first-order valence-corrected chi connectivity index (χ1v) is 7.32. The molecule has 0 amide bonds. The van der Waals surface area contributed by atoms with E-state index in [9.17, 15) is 8.42 Å². The standard InChI is InChI=1S/C14H16N2O2S/c1-10-3-6-12(7-4-10)19(17,18)16-14-9-11(2)5-8-13(14)15/h3-9,16H,15H2,1-2H3. The lowest BCUT2D eigenvalue weighted by Gasteiger charge is -2.11. The van der Waals surface area contributed by atoms with E-state index in [0.717, 1.165) is 11.1 Å². The predicted molar refractivity (Wildman–Crippen MR) is 77.6 cm³/mol. The number of nitrogen functional groups attached to an aromatic ring is 1. The Balaban J connectivity index is 2.36. The minimum Gasteiger partial charge on any atom is -0.397 e. The van der Waals surface area contributed by atoms with E-state index in [1.54, 1.807) is 36.4 Å². The summed E-state index contributed by atoms with van der Waals surface area (Å²) in [6.07, 6.45) is 0. The van der Waals surface area contributed by atoms with Crippen LogP contribution in [0.1, 0.15) is 11.1 Å². The quantitative estimate of drug-likeness (QED) is 0.847. The molecule has 0 saturated carbocycles. The van der Waals surface area contributed by atoms with Crippen LogP contribution in [0.4, 0.5) is 11.4 Å². The fourth-order valence-corrected chi connectivity index (χ4v) is 2.76. The van der Waals surface area contributed by atoms with E-state index in [4.69, 9.17) is 5.73 Å². The molecule has 0 radical (unpaired) electrons. The second-order valence-corrected chi connectivity index (χ2v) is 6.19. The molecule has 4 nitrogen and oxygen atoms in total. The van der Waals surface area contributed by atoms with Gasteiger partial charge in [0.1, 0.15) is 0 Å². The Morgan fingerprint density at radius 2 is 1.53 bits per heavy atom. The third kappa shape index (κ3) is 3.06. The molecule has 0 aliphatic rings. The van der Waals surface area contributed by atoms with Crippen molar-refractivity contribution in [3.05, 3.63) is 53.6 Å². The van der Waals surface area contributed by atoms with Gasteiger partial charge in [0, 0.05) is 0 Å². The van der Waals surface area contributed by atoms with Crippen LogP contribution in [0.5, 0.6) is 0 Å². The summed E-state index contributed by atoms with van der Waals surface area (Å²) in [4.78, 5) is 0.221. The van der Waals surface area contributed by atoms with Crippen molar-refractivity contribution >= 4 is 21.4 Å². The summed E-state index contributed by atoms with van der Waals surface area (Å²) in [6, 6.07) is 11.9. The van der Waals surface area contributed by atoms with Gasteiger partial charge in [-0.2, -0.15) is 0 Å². The lowest BCUT2D eigenvalue weighted by atomic mass is 10.2. The molecule has 0 atom stereocenters. The molecular formula is C14H16N2O2S. The first-order chi connectivity index (χ1) is 8.88. The zero-order chi connectivity index (χ0) is 14.0. The molecule has 0 fully saturated rings. The number of nitrogens with one attached hydrogen (secondary N) is 1. The van der Waals surface area contributed by atoms with Gasteiger partial charge in [0.25, 0.3) is 10.0 Å². The summed E-state index contributed by atoms with van der Waals surface area (Å²) in [5.41, 5.74) is 8.53. The number of aryl methyl sites for hydroxylation is 2. The lowest BCUT2D eigenvalue weighted by molar-refractivity contribution is 0.601. The monoisotopic (exact) mass is 276 g/mol. The molecule has 3 N–H and O–H groups in total. The van der Waals surface area contributed by atoms with Gasteiger partial charge in [-0.3, -0.25) is 4.72 Å². The molecule has 19 heavy (non-hydrogen) atoms. The Hall–Kier alpha value is -2.01. The Labute approximate surface area is 113 Å². The van der Waals surface area contributed by atoms with E-state index in [2.05, 4.69) is 4.72 Å². The normalized spacial score (nSPS) is 11.3. The number of anilines is 2. The van der Waals surface area contributed by atoms with E-state index in [1.165, 1.54) is 0 Å². The first-order valence-electron chi connectivity index (χ1n) is 5.84. The second kappa shape index (κ2) is 4.93. The minimum atomic E-state index is -3.60. The zero-order valence-electron chi connectivity index (χ0n) is 10.8. The molecule has 0 unspecified atom stereocenters. The molecular weight excluding hydrogens is 260 g/mol. The van der Waals surface area contributed by atoms with Crippen LogP contribution in [0.3, 0.4) is 0 Å². The van der Waals surface area contributed by atoms with Crippen molar-refractivity contribution in [2.45, 2.75) is 18.7 Å². The highest BCUT2D eigenvalue weighted by molar-refractivity contribution is 7.92. The van der Waals surface area contributed by atoms with Crippen LogP contribution < -0.4 is 10.5 Å². The molecule has 0 bridgehead atoms. The highest BCUT2D eigenvalue weighted by atomic mass is 32.2. The van der Waals surface area contributed by atoms with E-state index >= 15 is 0 Å². The maximum Gasteiger partial charge on any atom is 0.261 e. The topological polar surface area (TPSA) is 72.2 Å². The zero-order valence-corrected chi connectivity index (χ0v) is 11.7. The van der Waals surface area contributed by atoms with Gasteiger partial charge in [0.2, 0.25) is 0 Å². The summed E-state index contributed by atoms with van der Waals surface area (Å²) in [5.74, 6) is 0. The molecule has 0 heterocycles. The Kier molecular flexibility index (Phi) is 3.48. The third-order valence-electron chi connectivity index (χ3n) is 2.78. The molecule has 2 rings (SSSR count). The van der Waals surface area contributed by atoms with Crippen molar-refractivity contribution in [2.75, 3.05) is 10.5 Å². The van der Waals surface area contributed by atoms with Crippen molar-refractivity contribution in [1.82, 2.24) is 0 Å². The molecule has 0 spiro atoms. The van der Waals surface area contributed by atoms with Crippen LogP contribution in [-0.4, -0.2) is 8.42 Å². The number of rotatable bonds is 3. The van der Waals surface area contributed by atoms with Crippen LogP contribution in [0.25, 0.3) is 0 Å². The number of sulfonamides is 1. The maximum absolute atomic E-state index is 12.2. The Bertz CT molecular complexity index is 692. The number of hydrogen-bond acceptors (Lipinski definition) is 3. The van der Waals surface area contributed by atoms with Crippen LogP contribution >= 0.6 is 0 Å². The van der Waals surface area contributed by atoms with Crippen molar-refractivity contribution in [1.29, 1.82) is 0 Å². The average Bonchev–Trinajstić information content (AvgIpc) is 2.34. The summed E-state index contributed by atoms with van der Waals surface area (Å²) in [5, 5.41) is 0. The van der Waals surface area contributed by atoms with Gasteiger partial charge >= 0.3 is 0 Å². The fraction of sp³-hybridized carbons (Fsp3) is 0.143. The maximum atomic E-state index is 12.2. The SMILES string of the molecule is Cc1ccc(S(=O)(=O)Nc2cc(C)ccc2N)cc1. The van der Waals surface area contributed by atoms with E-state index in [-0.39, 0.29) is 4.90 Å². The molecule has 5 heteroatoms. The molecule has 100 valence electrons. The summed E-state index contributed by atoms with van der Waals surface area (Å²) < 4.78 is 26.9. The molecule has 2 aromatic rings. The van der Waals surface area contributed by atoms with Crippen molar-refractivity contribution in [3.63, 3.8) is 0 Å². The highest BCUT2D eigenvalue weighted by Gasteiger charge is 2.15. The average molecular weight is 276 g/mol. The summed E-state index contributed by atoms with van der Waals surface area (Å²) in [7, 11) is -3.60. The van der Waals surface area contributed by atoms with Crippen molar-refractivity contribution in [3.8, 4) is 0 Å². The fourth-order valence-electron chi connectivity index (χ4n) is 1.68. The second-order valence-electron chi connectivity index (χ2n) is 4.51. The van der Waals surface area contributed by atoms with E-state index in [0.29, 0.717) is 11.4 Å². The smallest absolute Gasteiger partial charge is 0.261 e. The predicted octanol–water partition coefficient (Wildman–Crippen LogP) is 2.69. The molecule has 0 aliphatic carbocycles. The van der Waals surface area contributed by atoms with Crippen LogP contribution in [0.15, 0.2) is 47.4 Å². The minimum absolute atomic E-state index is 0.221. The molecule has 2 aromatic carbocycles. The van der Waals surface area contributed by atoms with Crippen LogP contribution in [-0.2, 0) is 10.0 Å². The van der Waals surface area contributed by atoms with Gasteiger partial charge in [-0.15, -0.1) is 0 Å². The molecule has 0 aromatic heterocycles. The summed E-state index contributed by atoms with van der Waals surface area (Å²) in [6.45, 7) is 3.78. The number of nitrogens with two attached hydrogens (primary N) is 1. The third-order valence-corrected chi connectivity index (χ3v) is 4.17. The van der Waals surface area contributed by atoms with Crippen molar-refractivity contribution in [2.24, 2.45) is 0 Å². The number of hydrogen-bond donors (Lipinski definition) is 2. The van der Waals surface area contributed by atoms with Crippen LogP contribution in [0, 0.1) is 13.8 Å². The lowest BCUT2D eigenvalue weighted by Crippen LogP contribution is -2.14. The van der Waals surface area contributed by atoms with Gasteiger partial charge in [-0.05, 0) is 43.7 Å². The highest BCUT2D eigenvalue weighted by Crippen LogP contribution is 2.23. The molecule has 0 saturated heterocycles. The van der Waals surface area contributed by atoms with Gasteiger partial charge in [-0.1, -0.05) is 23.8 Å². The number of benzene rings is 2. The largest absolute Gasteiger partial charge is 0.397 e. The van der Waals surface area contributed by atoms with Gasteiger partial charge < -0.3 is 5.73 Å². The van der Waals surface area contributed by atoms with Gasteiger partial charge in [0.15, 0.2) is 0 Å². The van der Waals surface area contributed by atoms with Crippen LogP contribution in [0.2, 0.25) is 0 Å². The molecule has 0 aliphatic heterocycles. The first kappa shape index (κ1) is 13.4.